The SMILES string of the molecule is CC(F)(F)C1CC(Cc2ccc3nc(C(NC(=O)O)C4CCC(F)(F)CC4)cn3n2)C(=O)N1. The van der Waals surface area contributed by atoms with Crippen LogP contribution in [0.15, 0.2) is 18.3 Å². The van der Waals surface area contributed by atoms with Gasteiger partial charge in [-0.1, -0.05) is 0 Å². The number of aromatic nitrogens is 3. The number of imidazole rings is 1. The molecule has 3 N–H and O–H groups in total. The highest BCUT2D eigenvalue weighted by atomic mass is 19.3. The third kappa shape index (κ3) is 5.19. The van der Waals surface area contributed by atoms with Crippen LogP contribution in [-0.4, -0.2) is 49.6 Å². The van der Waals surface area contributed by atoms with Gasteiger partial charge in [-0.2, -0.15) is 5.10 Å². The molecule has 1 aliphatic heterocycles. The second-order valence-electron chi connectivity index (χ2n) is 9.07. The van der Waals surface area contributed by atoms with Crippen LogP contribution < -0.4 is 10.6 Å². The molecule has 33 heavy (non-hydrogen) atoms. The lowest BCUT2D eigenvalue weighted by Crippen LogP contribution is -2.39. The van der Waals surface area contributed by atoms with Crippen molar-refractivity contribution in [3.8, 4) is 0 Å². The standard InChI is InChI=1S/C21H25F4N5O3/c1-20(22,23)15-9-12(18(31)27-15)8-13-2-3-16-26-14(10-30(16)29-13)17(28-19(32)33)11-4-6-21(24,25)7-5-11/h2-3,10-12,15,17,28H,4-9H2,1H3,(H,27,31)(H,32,33). The topological polar surface area (TPSA) is 109 Å². The van der Waals surface area contributed by atoms with Crippen LogP contribution in [0.1, 0.15) is 56.5 Å². The molecule has 1 saturated heterocycles. The van der Waals surface area contributed by atoms with E-state index in [0.717, 1.165) is 6.92 Å². The molecule has 0 spiro atoms. The van der Waals surface area contributed by atoms with E-state index in [9.17, 15) is 32.3 Å². The Balaban J connectivity index is 1.53. The van der Waals surface area contributed by atoms with Crippen LogP contribution in [0.5, 0.6) is 0 Å². The van der Waals surface area contributed by atoms with Gasteiger partial charge in [-0.3, -0.25) is 4.79 Å². The van der Waals surface area contributed by atoms with Gasteiger partial charge in [0.05, 0.1) is 29.7 Å². The van der Waals surface area contributed by atoms with Crippen LogP contribution in [0.4, 0.5) is 22.4 Å². The number of halogens is 4. The molecule has 4 rings (SSSR count). The zero-order valence-electron chi connectivity index (χ0n) is 17.9. The number of carboxylic acid groups (broad SMARTS) is 1. The smallest absolute Gasteiger partial charge is 0.405 e. The van der Waals surface area contributed by atoms with Crippen molar-refractivity contribution in [2.75, 3.05) is 0 Å². The molecule has 3 heterocycles. The van der Waals surface area contributed by atoms with Gasteiger partial charge in [0.2, 0.25) is 11.8 Å². The monoisotopic (exact) mass is 471 g/mol. The first-order valence-electron chi connectivity index (χ1n) is 10.8. The quantitative estimate of drug-likeness (QED) is 0.559. The lowest BCUT2D eigenvalue weighted by Gasteiger charge is -2.32. The minimum Gasteiger partial charge on any atom is -0.465 e. The summed E-state index contributed by atoms with van der Waals surface area (Å²) in [7, 11) is 0. The third-order valence-corrected chi connectivity index (χ3v) is 6.50. The fourth-order valence-electron chi connectivity index (χ4n) is 4.66. The lowest BCUT2D eigenvalue weighted by molar-refractivity contribution is -0.123. The predicted octanol–water partition coefficient (Wildman–Crippen LogP) is 3.57. The summed E-state index contributed by atoms with van der Waals surface area (Å²) in [5.74, 6) is -7.18. The van der Waals surface area contributed by atoms with Crippen molar-refractivity contribution in [2.45, 2.75) is 69.4 Å². The second-order valence-corrected chi connectivity index (χ2v) is 9.07. The number of rotatable bonds is 6. The molecular weight excluding hydrogens is 446 g/mol. The number of amides is 2. The molecule has 2 amide bonds. The van der Waals surface area contributed by atoms with E-state index in [4.69, 9.17) is 0 Å². The highest BCUT2D eigenvalue weighted by Gasteiger charge is 2.44. The maximum Gasteiger partial charge on any atom is 0.405 e. The maximum atomic E-state index is 13.6. The number of fused-ring (bicyclic) bond motifs is 1. The van der Waals surface area contributed by atoms with Gasteiger partial charge in [0.25, 0.3) is 5.92 Å². The minimum atomic E-state index is -3.02. The van der Waals surface area contributed by atoms with Crippen molar-refractivity contribution < 1.29 is 32.3 Å². The van der Waals surface area contributed by atoms with Crippen molar-refractivity contribution >= 4 is 17.6 Å². The van der Waals surface area contributed by atoms with Gasteiger partial charge < -0.3 is 15.7 Å². The summed E-state index contributed by atoms with van der Waals surface area (Å²) in [6.07, 6.45) is 0.0974. The van der Waals surface area contributed by atoms with Crippen LogP contribution in [0.3, 0.4) is 0 Å². The van der Waals surface area contributed by atoms with Crippen molar-refractivity contribution in [1.82, 2.24) is 25.2 Å². The average molecular weight is 471 g/mol. The van der Waals surface area contributed by atoms with E-state index < -0.39 is 41.8 Å². The van der Waals surface area contributed by atoms with Crippen LogP contribution in [0, 0.1) is 11.8 Å². The maximum absolute atomic E-state index is 13.6. The van der Waals surface area contributed by atoms with Crippen LogP contribution in [-0.2, 0) is 11.2 Å². The Morgan fingerprint density at radius 2 is 2.06 bits per heavy atom. The molecule has 2 aromatic heterocycles. The van der Waals surface area contributed by atoms with Gasteiger partial charge >= 0.3 is 6.09 Å². The number of carbonyl (C=O) groups is 2. The summed E-state index contributed by atoms with van der Waals surface area (Å²) in [5.41, 5.74) is 1.27. The summed E-state index contributed by atoms with van der Waals surface area (Å²) in [5, 5.41) is 18.4. The van der Waals surface area contributed by atoms with Crippen LogP contribution >= 0.6 is 0 Å². The van der Waals surface area contributed by atoms with Gasteiger partial charge in [0.15, 0.2) is 5.65 Å². The highest BCUT2D eigenvalue weighted by Crippen LogP contribution is 2.41. The Bertz CT molecular complexity index is 1040. The first-order chi connectivity index (χ1) is 15.4. The Kier molecular flexibility index (Phi) is 5.95. The third-order valence-electron chi connectivity index (χ3n) is 6.50. The van der Waals surface area contributed by atoms with Crippen molar-refractivity contribution in [3.63, 3.8) is 0 Å². The summed E-state index contributed by atoms with van der Waals surface area (Å²) in [4.78, 5) is 27.9. The van der Waals surface area contributed by atoms with E-state index in [0.29, 0.717) is 17.0 Å². The molecule has 2 fully saturated rings. The molecular formula is C21H25F4N5O3. The Labute approximate surface area is 186 Å². The second kappa shape index (κ2) is 8.45. The molecule has 1 aliphatic carbocycles. The van der Waals surface area contributed by atoms with E-state index in [-0.39, 0.29) is 44.4 Å². The van der Waals surface area contributed by atoms with Gasteiger partial charge in [-0.05, 0) is 37.3 Å². The minimum absolute atomic E-state index is 0.00580. The molecule has 1 saturated carbocycles. The Hall–Kier alpha value is -2.92. The summed E-state index contributed by atoms with van der Waals surface area (Å²) >= 11 is 0. The van der Waals surface area contributed by atoms with Crippen LogP contribution in [0.2, 0.25) is 0 Å². The van der Waals surface area contributed by atoms with E-state index >= 15 is 0 Å². The first-order valence-corrected chi connectivity index (χ1v) is 10.8. The molecule has 2 aliphatic rings. The summed E-state index contributed by atoms with van der Waals surface area (Å²) in [6, 6.07) is 1.29. The van der Waals surface area contributed by atoms with Crippen molar-refractivity contribution in [3.05, 3.63) is 29.7 Å². The first kappa shape index (κ1) is 23.2. The molecule has 3 atom stereocenters. The number of nitrogens with one attached hydrogen (secondary N) is 2. The van der Waals surface area contributed by atoms with Gasteiger partial charge in [-0.15, -0.1) is 0 Å². The fraction of sp³-hybridized carbons (Fsp3) is 0.619. The number of hydrogen-bond donors (Lipinski definition) is 3. The molecule has 0 bridgehead atoms. The fourth-order valence-corrected chi connectivity index (χ4v) is 4.66. The molecule has 2 aromatic rings. The largest absolute Gasteiger partial charge is 0.465 e. The van der Waals surface area contributed by atoms with Gasteiger partial charge in [-0.25, -0.2) is 31.9 Å². The van der Waals surface area contributed by atoms with E-state index in [2.05, 4.69) is 20.7 Å². The van der Waals surface area contributed by atoms with Crippen molar-refractivity contribution in [1.29, 1.82) is 0 Å². The number of alkyl halides is 4. The van der Waals surface area contributed by atoms with Gasteiger partial charge in [0, 0.05) is 32.1 Å². The Morgan fingerprint density at radius 1 is 1.36 bits per heavy atom. The lowest BCUT2D eigenvalue weighted by atomic mass is 9.81. The van der Waals surface area contributed by atoms with Gasteiger partial charge in [0.1, 0.15) is 0 Å². The summed E-state index contributed by atoms with van der Waals surface area (Å²) in [6.45, 7) is 0.771. The number of hydrogen-bond acceptors (Lipinski definition) is 4. The molecule has 0 radical (unpaired) electrons. The normalized spacial score (nSPS) is 24.6. The zero-order valence-corrected chi connectivity index (χ0v) is 17.9. The molecule has 180 valence electrons. The van der Waals surface area contributed by atoms with E-state index in [1.54, 1.807) is 12.1 Å². The average Bonchev–Trinajstić information content (AvgIpc) is 3.29. The predicted molar refractivity (Wildman–Crippen MR) is 108 cm³/mol. The molecule has 12 heteroatoms. The number of carbonyl (C=O) groups excluding carboxylic acids is 1. The van der Waals surface area contributed by atoms with Crippen molar-refractivity contribution in [2.24, 2.45) is 11.8 Å². The zero-order chi connectivity index (χ0) is 24.0. The van der Waals surface area contributed by atoms with E-state index in [1.165, 1.54) is 10.7 Å². The molecule has 0 aromatic carbocycles. The molecule has 8 nitrogen and oxygen atoms in total. The van der Waals surface area contributed by atoms with E-state index in [1.807, 2.05) is 0 Å². The molecule has 3 unspecified atom stereocenters. The summed E-state index contributed by atoms with van der Waals surface area (Å²) < 4.78 is 55.7. The highest BCUT2D eigenvalue weighted by molar-refractivity contribution is 5.81. The van der Waals surface area contributed by atoms with Crippen LogP contribution in [0.25, 0.3) is 5.65 Å². The number of nitrogens with zero attached hydrogens (tertiary/aromatic N) is 3. The Morgan fingerprint density at radius 3 is 2.67 bits per heavy atom.